The Bertz CT molecular complexity index is 1060. The molecule has 0 aliphatic rings. The van der Waals surface area contributed by atoms with Crippen LogP contribution in [0.2, 0.25) is 0 Å². The number of para-hydroxylation sites is 2. The summed E-state index contributed by atoms with van der Waals surface area (Å²) in [7, 11) is 1.73. The molecular weight excluding hydrogens is 390 g/mol. The molecule has 0 radical (unpaired) electrons. The van der Waals surface area contributed by atoms with Gasteiger partial charge in [-0.25, -0.2) is 4.98 Å². The largest absolute Gasteiger partial charge is 0.484 e. The van der Waals surface area contributed by atoms with Gasteiger partial charge in [-0.05, 0) is 37.1 Å². The van der Waals surface area contributed by atoms with Gasteiger partial charge in [-0.1, -0.05) is 57.0 Å². The van der Waals surface area contributed by atoms with Gasteiger partial charge in [-0.2, -0.15) is 0 Å². The Hall–Kier alpha value is -3.15. The average molecular weight is 422 g/mol. The Morgan fingerprint density at radius 2 is 1.77 bits per heavy atom. The SMILES string of the molecule is CCCCCN(C(=O)COc1ccccc1)C(CC)c1nc2ccccc2c(=O)n1C. The maximum absolute atomic E-state index is 13.2. The van der Waals surface area contributed by atoms with Gasteiger partial charge in [-0.3, -0.25) is 14.2 Å². The van der Waals surface area contributed by atoms with Crippen molar-refractivity contribution in [1.29, 1.82) is 0 Å². The van der Waals surface area contributed by atoms with E-state index in [1.807, 2.05) is 60.4 Å². The molecule has 0 aliphatic heterocycles. The summed E-state index contributed by atoms with van der Waals surface area (Å²) in [4.78, 5) is 32.8. The molecule has 0 saturated carbocycles. The van der Waals surface area contributed by atoms with Crippen molar-refractivity contribution >= 4 is 16.8 Å². The van der Waals surface area contributed by atoms with Crippen LogP contribution in [-0.4, -0.2) is 33.5 Å². The van der Waals surface area contributed by atoms with E-state index in [-0.39, 0.29) is 24.1 Å². The van der Waals surface area contributed by atoms with Crippen LogP contribution in [0.5, 0.6) is 5.75 Å². The smallest absolute Gasteiger partial charge is 0.261 e. The van der Waals surface area contributed by atoms with Gasteiger partial charge in [0.05, 0.1) is 16.9 Å². The Morgan fingerprint density at radius 3 is 2.48 bits per heavy atom. The van der Waals surface area contributed by atoms with E-state index in [1.165, 1.54) is 0 Å². The first kappa shape index (κ1) is 22.5. The van der Waals surface area contributed by atoms with E-state index in [2.05, 4.69) is 6.92 Å². The number of amides is 1. The van der Waals surface area contributed by atoms with Crippen molar-refractivity contribution in [1.82, 2.24) is 14.5 Å². The van der Waals surface area contributed by atoms with Crippen LogP contribution in [0.4, 0.5) is 0 Å². The lowest BCUT2D eigenvalue weighted by molar-refractivity contribution is -0.136. The fraction of sp³-hybridized carbons (Fsp3) is 0.400. The molecule has 1 heterocycles. The molecule has 0 N–H and O–H groups in total. The molecule has 2 aromatic carbocycles. The van der Waals surface area contributed by atoms with Gasteiger partial charge in [0.25, 0.3) is 11.5 Å². The predicted molar refractivity (Wildman–Crippen MR) is 123 cm³/mol. The molecule has 3 aromatic rings. The minimum Gasteiger partial charge on any atom is -0.484 e. The Kier molecular flexibility index (Phi) is 7.82. The maximum atomic E-state index is 13.2. The summed E-state index contributed by atoms with van der Waals surface area (Å²) in [5, 5.41) is 0.583. The minimum atomic E-state index is -0.300. The van der Waals surface area contributed by atoms with Crippen molar-refractivity contribution in [2.75, 3.05) is 13.2 Å². The molecule has 0 saturated heterocycles. The Balaban J connectivity index is 1.92. The molecule has 1 atom stereocenters. The van der Waals surface area contributed by atoms with Crippen LogP contribution in [0.3, 0.4) is 0 Å². The number of aromatic nitrogens is 2. The minimum absolute atomic E-state index is 0.0475. The second-order valence-corrected chi connectivity index (χ2v) is 7.67. The molecule has 6 heteroatoms. The van der Waals surface area contributed by atoms with Crippen molar-refractivity contribution < 1.29 is 9.53 Å². The topological polar surface area (TPSA) is 64.4 Å². The lowest BCUT2D eigenvalue weighted by Gasteiger charge is -2.32. The zero-order chi connectivity index (χ0) is 22.2. The second kappa shape index (κ2) is 10.8. The summed E-state index contributed by atoms with van der Waals surface area (Å²) in [5.74, 6) is 1.17. The third-order valence-electron chi connectivity index (χ3n) is 5.51. The number of hydrogen-bond donors (Lipinski definition) is 0. The molecule has 1 unspecified atom stereocenters. The fourth-order valence-corrected chi connectivity index (χ4v) is 3.81. The quantitative estimate of drug-likeness (QED) is 0.453. The number of rotatable bonds is 10. The van der Waals surface area contributed by atoms with Crippen LogP contribution < -0.4 is 10.3 Å². The molecule has 3 rings (SSSR count). The number of unbranched alkanes of at least 4 members (excludes halogenated alkanes) is 2. The van der Waals surface area contributed by atoms with E-state index < -0.39 is 0 Å². The van der Waals surface area contributed by atoms with E-state index in [0.717, 1.165) is 19.3 Å². The summed E-state index contributed by atoms with van der Waals surface area (Å²) in [6.07, 6.45) is 3.64. The van der Waals surface area contributed by atoms with Gasteiger partial charge < -0.3 is 9.64 Å². The first-order valence-electron chi connectivity index (χ1n) is 11.0. The zero-order valence-corrected chi connectivity index (χ0v) is 18.6. The van der Waals surface area contributed by atoms with Crippen molar-refractivity contribution in [3.63, 3.8) is 0 Å². The van der Waals surface area contributed by atoms with Gasteiger partial charge in [0, 0.05) is 13.6 Å². The molecule has 1 amide bonds. The fourth-order valence-electron chi connectivity index (χ4n) is 3.81. The van der Waals surface area contributed by atoms with Gasteiger partial charge in [0.2, 0.25) is 0 Å². The van der Waals surface area contributed by atoms with Crippen LogP contribution in [0, 0.1) is 0 Å². The molecular formula is C25H31N3O3. The third kappa shape index (κ3) is 5.32. The highest BCUT2D eigenvalue weighted by Crippen LogP contribution is 2.24. The number of hydrogen-bond acceptors (Lipinski definition) is 4. The summed E-state index contributed by atoms with van der Waals surface area (Å²) >= 11 is 0. The van der Waals surface area contributed by atoms with Gasteiger partial charge >= 0.3 is 0 Å². The predicted octanol–water partition coefficient (Wildman–Crippen LogP) is 4.48. The lowest BCUT2D eigenvalue weighted by Crippen LogP contribution is -2.41. The number of nitrogens with zero attached hydrogens (tertiary/aromatic N) is 3. The number of carbonyl (C=O) groups is 1. The van der Waals surface area contributed by atoms with Gasteiger partial charge in [-0.15, -0.1) is 0 Å². The molecule has 0 fully saturated rings. The normalized spacial score (nSPS) is 12.0. The van der Waals surface area contributed by atoms with Crippen LogP contribution in [0.25, 0.3) is 10.9 Å². The van der Waals surface area contributed by atoms with E-state index in [4.69, 9.17) is 9.72 Å². The van der Waals surface area contributed by atoms with Gasteiger partial charge in [0.1, 0.15) is 11.6 Å². The van der Waals surface area contributed by atoms with Crippen molar-refractivity contribution in [3.8, 4) is 5.75 Å². The first-order valence-corrected chi connectivity index (χ1v) is 11.0. The lowest BCUT2D eigenvalue weighted by atomic mass is 10.1. The Morgan fingerprint density at radius 1 is 1.06 bits per heavy atom. The molecule has 31 heavy (non-hydrogen) atoms. The Labute approximate surface area is 183 Å². The highest BCUT2D eigenvalue weighted by Gasteiger charge is 2.27. The molecule has 164 valence electrons. The summed E-state index contributed by atoms with van der Waals surface area (Å²) < 4.78 is 7.31. The highest BCUT2D eigenvalue weighted by atomic mass is 16.5. The third-order valence-corrected chi connectivity index (χ3v) is 5.51. The van der Waals surface area contributed by atoms with Crippen molar-refractivity contribution in [2.45, 2.75) is 45.6 Å². The molecule has 0 aliphatic carbocycles. The van der Waals surface area contributed by atoms with Crippen LogP contribution in [-0.2, 0) is 11.8 Å². The number of fused-ring (bicyclic) bond motifs is 1. The summed E-state index contributed by atoms with van der Waals surface area (Å²) in [5.41, 5.74) is 0.557. The van der Waals surface area contributed by atoms with Crippen LogP contribution >= 0.6 is 0 Å². The summed E-state index contributed by atoms with van der Waals surface area (Å²) in [6, 6.07) is 16.4. The maximum Gasteiger partial charge on any atom is 0.261 e. The monoisotopic (exact) mass is 421 g/mol. The summed E-state index contributed by atoms with van der Waals surface area (Å²) in [6.45, 7) is 4.71. The van der Waals surface area contributed by atoms with Crippen LogP contribution in [0.1, 0.15) is 51.4 Å². The van der Waals surface area contributed by atoms with Gasteiger partial charge in [0.15, 0.2) is 6.61 Å². The molecule has 6 nitrogen and oxygen atoms in total. The van der Waals surface area contributed by atoms with Crippen LogP contribution in [0.15, 0.2) is 59.4 Å². The van der Waals surface area contributed by atoms with E-state index >= 15 is 0 Å². The molecule has 1 aromatic heterocycles. The molecule has 0 spiro atoms. The van der Waals surface area contributed by atoms with Crippen molar-refractivity contribution in [3.05, 3.63) is 70.8 Å². The van der Waals surface area contributed by atoms with E-state index in [1.54, 1.807) is 17.7 Å². The van der Waals surface area contributed by atoms with Crippen molar-refractivity contribution in [2.24, 2.45) is 7.05 Å². The zero-order valence-electron chi connectivity index (χ0n) is 18.6. The number of benzene rings is 2. The molecule has 0 bridgehead atoms. The van der Waals surface area contributed by atoms with E-state index in [0.29, 0.717) is 35.4 Å². The second-order valence-electron chi connectivity index (χ2n) is 7.67. The first-order chi connectivity index (χ1) is 15.1. The number of carbonyl (C=O) groups excluding carboxylic acids is 1. The highest BCUT2D eigenvalue weighted by molar-refractivity contribution is 5.79. The van der Waals surface area contributed by atoms with E-state index in [9.17, 15) is 9.59 Å². The average Bonchev–Trinajstić information content (AvgIpc) is 2.80. The standard InChI is InChI=1S/C25H31N3O3/c1-4-6-12-17-28(23(29)18-31-19-13-8-7-9-14-19)22(5-2)24-26-21-16-11-10-15-20(21)25(30)27(24)3/h7-11,13-16,22H,4-6,12,17-18H2,1-3H3. The number of ether oxygens (including phenoxy) is 1.